The van der Waals surface area contributed by atoms with Crippen LogP contribution in [0.15, 0.2) is 33.3 Å². The molecule has 2 aromatic heterocycles. The van der Waals surface area contributed by atoms with E-state index in [1.165, 1.54) is 0 Å². The smallest absolute Gasteiger partial charge is 0.227 e. The van der Waals surface area contributed by atoms with Crippen molar-refractivity contribution in [2.45, 2.75) is 33.2 Å². The van der Waals surface area contributed by atoms with Gasteiger partial charge in [-0.05, 0) is 38.1 Å². The largest absolute Gasteiger partial charge is 0.361 e. The summed E-state index contributed by atoms with van der Waals surface area (Å²) in [5, 5.41) is 8.66. The number of carbonyl (C=O) groups is 1. The van der Waals surface area contributed by atoms with Gasteiger partial charge < -0.3 is 13.9 Å². The van der Waals surface area contributed by atoms with Crippen molar-refractivity contribution in [1.82, 2.24) is 25.1 Å². The number of benzene rings is 1. The molecule has 0 aliphatic carbocycles. The fourth-order valence-corrected chi connectivity index (χ4v) is 3.68. The van der Waals surface area contributed by atoms with Gasteiger partial charge in [0.15, 0.2) is 0 Å². The van der Waals surface area contributed by atoms with E-state index in [0.29, 0.717) is 42.7 Å². The first-order chi connectivity index (χ1) is 14.5. The highest BCUT2D eigenvalue weighted by Crippen LogP contribution is 2.20. The van der Waals surface area contributed by atoms with Gasteiger partial charge in [0, 0.05) is 61.7 Å². The van der Waals surface area contributed by atoms with Gasteiger partial charge in [0.25, 0.3) is 0 Å². The molecule has 0 spiro atoms. The van der Waals surface area contributed by atoms with E-state index in [0.717, 1.165) is 42.2 Å². The zero-order chi connectivity index (χ0) is 21.1. The van der Waals surface area contributed by atoms with Crippen LogP contribution in [0.4, 0.5) is 0 Å². The van der Waals surface area contributed by atoms with Crippen LogP contribution in [0.5, 0.6) is 0 Å². The van der Waals surface area contributed by atoms with Crippen molar-refractivity contribution in [2.24, 2.45) is 0 Å². The minimum atomic E-state index is 0.109. The lowest BCUT2D eigenvalue weighted by molar-refractivity contribution is -0.133. The molecule has 0 bridgehead atoms. The van der Waals surface area contributed by atoms with Crippen LogP contribution in [-0.4, -0.2) is 57.2 Å². The third kappa shape index (κ3) is 4.71. The molecule has 158 valence electrons. The summed E-state index contributed by atoms with van der Waals surface area (Å²) in [5.74, 6) is 1.94. The van der Waals surface area contributed by atoms with Crippen molar-refractivity contribution < 1.29 is 13.8 Å². The number of hydrogen-bond donors (Lipinski definition) is 0. The first-order valence-corrected chi connectivity index (χ1v) is 10.4. The number of aromatic nitrogens is 3. The van der Waals surface area contributed by atoms with Crippen molar-refractivity contribution >= 4 is 17.5 Å². The normalized spacial score (nSPS) is 15.0. The van der Waals surface area contributed by atoms with Gasteiger partial charge in [0.05, 0.1) is 5.69 Å². The molecule has 30 heavy (non-hydrogen) atoms. The number of rotatable bonds is 6. The summed E-state index contributed by atoms with van der Waals surface area (Å²) in [6, 6.07) is 7.23. The third-order valence-electron chi connectivity index (χ3n) is 5.41. The van der Waals surface area contributed by atoms with E-state index in [1.54, 1.807) is 12.1 Å². The molecule has 8 nitrogen and oxygen atoms in total. The van der Waals surface area contributed by atoms with Crippen LogP contribution in [-0.2, 0) is 17.8 Å². The van der Waals surface area contributed by atoms with Crippen LogP contribution >= 0.6 is 11.6 Å². The Bertz CT molecular complexity index is 987. The molecule has 3 heterocycles. The number of nitrogens with zero attached hydrogens (tertiary/aromatic N) is 5. The monoisotopic (exact) mass is 429 g/mol. The molecule has 1 aromatic carbocycles. The molecule has 1 amide bonds. The Morgan fingerprint density at radius 1 is 1.07 bits per heavy atom. The molecule has 0 atom stereocenters. The van der Waals surface area contributed by atoms with Crippen LogP contribution in [0.1, 0.15) is 29.3 Å². The summed E-state index contributed by atoms with van der Waals surface area (Å²) < 4.78 is 10.5. The molecule has 1 fully saturated rings. The molecule has 0 unspecified atom stereocenters. The van der Waals surface area contributed by atoms with Crippen molar-refractivity contribution in [1.29, 1.82) is 0 Å². The van der Waals surface area contributed by atoms with Crippen LogP contribution in [0, 0.1) is 13.8 Å². The molecule has 0 saturated carbocycles. The topological polar surface area (TPSA) is 88.5 Å². The van der Waals surface area contributed by atoms with E-state index >= 15 is 0 Å². The van der Waals surface area contributed by atoms with Gasteiger partial charge in [-0.3, -0.25) is 9.69 Å². The number of piperazine rings is 1. The second kappa shape index (κ2) is 8.97. The van der Waals surface area contributed by atoms with Gasteiger partial charge in [-0.2, -0.15) is 4.98 Å². The highest BCUT2D eigenvalue weighted by molar-refractivity contribution is 6.30. The zero-order valence-electron chi connectivity index (χ0n) is 17.1. The summed E-state index contributed by atoms with van der Waals surface area (Å²) in [6.07, 6.45) is 0.783. The molecule has 0 radical (unpaired) electrons. The Morgan fingerprint density at radius 3 is 2.47 bits per heavy atom. The maximum absolute atomic E-state index is 12.6. The molecule has 3 aromatic rings. The average molecular weight is 430 g/mol. The Morgan fingerprint density at radius 2 is 1.80 bits per heavy atom. The van der Waals surface area contributed by atoms with E-state index in [1.807, 2.05) is 30.9 Å². The number of aryl methyl sites for hydroxylation is 3. The summed E-state index contributed by atoms with van der Waals surface area (Å²) in [6.45, 7) is 7.78. The maximum Gasteiger partial charge on any atom is 0.227 e. The summed E-state index contributed by atoms with van der Waals surface area (Å²) in [5.41, 5.74) is 2.90. The molecule has 1 saturated heterocycles. The van der Waals surface area contributed by atoms with Crippen molar-refractivity contribution in [3.8, 4) is 11.4 Å². The molecule has 9 heteroatoms. The number of carbonyl (C=O) groups excluding carboxylic acids is 1. The Balaban J connectivity index is 1.25. The first-order valence-electron chi connectivity index (χ1n) is 10.00. The second-order valence-electron chi connectivity index (χ2n) is 7.48. The van der Waals surface area contributed by atoms with Crippen molar-refractivity contribution in [3.05, 3.63) is 52.2 Å². The fourth-order valence-electron chi connectivity index (χ4n) is 3.55. The standard InChI is InChI=1S/C21H24ClN5O3/c1-14-18(15(2)29-24-14)13-26-9-11-27(12-10-26)20(28)8-7-19-23-21(25-30-19)16-3-5-17(22)6-4-16/h3-6H,7-13H2,1-2H3. The molecular weight excluding hydrogens is 406 g/mol. The minimum Gasteiger partial charge on any atom is -0.361 e. The van der Waals surface area contributed by atoms with Gasteiger partial charge in [0.2, 0.25) is 17.6 Å². The van der Waals surface area contributed by atoms with Gasteiger partial charge in [-0.15, -0.1) is 0 Å². The van der Waals surface area contributed by atoms with Gasteiger partial charge in [0.1, 0.15) is 5.76 Å². The summed E-state index contributed by atoms with van der Waals surface area (Å²) >= 11 is 5.90. The quantitative estimate of drug-likeness (QED) is 0.594. The van der Waals surface area contributed by atoms with Gasteiger partial charge >= 0.3 is 0 Å². The van der Waals surface area contributed by atoms with E-state index < -0.39 is 0 Å². The second-order valence-corrected chi connectivity index (χ2v) is 7.91. The van der Waals surface area contributed by atoms with Gasteiger partial charge in [-0.25, -0.2) is 0 Å². The van der Waals surface area contributed by atoms with Crippen LogP contribution in [0.25, 0.3) is 11.4 Å². The lowest BCUT2D eigenvalue weighted by Gasteiger charge is -2.34. The van der Waals surface area contributed by atoms with E-state index in [2.05, 4.69) is 20.2 Å². The minimum absolute atomic E-state index is 0.109. The van der Waals surface area contributed by atoms with Crippen molar-refractivity contribution in [3.63, 3.8) is 0 Å². The number of halogens is 1. The lowest BCUT2D eigenvalue weighted by atomic mass is 10.1. The molecule has 1 aliphatic heterocycles. The highest BCUT2D eigenvalue weighted by Gasteiger charge is 2.23. The predicted octanol–water partition coefficient (Wildman–Crippen LogP) is 3.27. The number of hydrogen-bond acceptors (Lipinski definition) is 7. The Labute approximate surface area is 179 Å². The van der Waals surface area contributed by atoms with Crippen LogP contribution < -0.4 is 0 Å². The van der Waals surface area contributed by atoms with Crippen molar-refractivity contribution in [2.75, 3.05) is 26.2 Å². The van der Waals surface area contributed by atoms with E-state index in [9.17, 15) is 4.79 Å². The van der Waals surface area contributed by atoms with E-state index in [-0.39, 0.29) is 5.91 Å². The van der Waals surface area contributed by atoms with E-state index in [4.69, 9.17) is 20.6 Å². The zero-order valence-corrected chi connectivity index (χ0v) is 17.9. The SMILES string of the molecule is Cc1noc(C)c1CN1CCN(C(=O)CCc2nc(-c3ccc(Cl)cc3)no2)CC1. The van der Waals surface area contributed by atoms with Gasteiger partial charge in [-0.1, -0.05) is 21.9 Å². The van der Waals surface area contributed by atoms with Crippen LogP contribution in [0.3, 0.4) is 0 Å². The van der Waals surface area contributed by atoms with Crippen LogP contribution in [0.2, 0.25) is 5.02 Å². The predicted molar refractivity (Wildman–Crippen MR) is 111 cm³/mol. The lowest BCUT2D eigenvalue weighted by Crippen LogP contribution is -2.48. The maximum atomic E-state index is 12.6. The first kappa shape index (κ1) is 20.6. The summed E-state index contributed by atoms with van der Waals surface area (Å²) in [4.78, 5) is 21.2. The highest BCUT2D eigenvalue weighted by atomic mass is 35.5. The third-order valence-corrected chi connectivity index (χ3v) is 5.66. The molecule has 1 aliphatic rings. The average Bonchev–Trinajstić information content (AvgIpc) is 3.35. The molecule has 4 rings (SSSR count). The molecular formula is C21H24ClN5O3. The summed E-state index contributed by atoms with van der Waals surface area (Å²) in [7, 11) is 0. The fraction of sp³-hybridized carbons (Fsp3) is 0.429. The Kier molecular flexibility index (Phi) is 6.15. The molecule has 0 N–H and O–H groups in total. The Hall–Kier alpha value is -2.71. The number of amides is 1.